The lowest BCUT2D eigenvalue weighted by Gasteiger charge is -2.46. The Balaban J connectivity index is 1.20. The van der Waals surface area contributed by atoms with Gasteiger partial charge >= 0.3 is 0 Å². The molecule has 1 atom stereocenters. The lowest BCUT2D eigenvalue weighted by molar-refractivity contribution is 0.172. The Morgan fingerprint density at radius 2 is 0.806 bits per heavy atom. The lowest BCUT2D eigenvalue weighted by Crippen LogP contribution is -2.30. The zero-order chi connectivity index (χ0) is 50.6. The van der Waals surface area contributed by atoms with Crippen molar-refractivity contribution in [2.75, 3.05) is 23.0 Å². The van der Waals surface area contributed by atoms with Gasteiger partial charge in [0.2, 0.25) is 0 Å². The van der Waals surface area contributed by atoms with E-state index in [2.05, 4.69) is 258 Å². The monoisotopic (exact) mass is 947 g/mol. The van der Waals surface area contributed by atoms with Crippen LogP contribution in [0.25, 0.3) is 33.4 Å². The summed E-state index contributed by atoms with van der Waals surface area (Å²) in [6, 6.07) is 60.5. The Hall–Kier alpha value is -7.04. The van der Waals surface area contributed by atoms with Crippen LogP contribution in [0.5, 0.6) is 11.5 Å². The number of benzene rings is 8. The largest absolute Gasteiger partial charge is 0.486 e. The van der Waals surface area contributed by atoms with Gasteiger partial charge in [-0.3, -0.25) is 0 Å². The molecule has 8 aromatic rings. The molecule has 8 aromatic carbocycles. The zero-order valence-electron chi connectivity index (χ0n) is 44.7. The van der Waals surface area contributed by atoms with Crippen molar-refractivity contribution >= 4 is 34.1 Å². The van der Waals surface area contributed by atoms with Crippen molar-refractivity contribution in [3.63, 3.8) is 0 Å². The molecular weight excluding hydrogens is 877 g/mol. The van der Waals surface area contributed by atoms with E-state index in [9.17, 15) is 0 Å². The molecule has 0 aromatic heterocycles. The molecule has 0 saturated carbocycles. The topological polar surface area (TPSA) is 24.9 Å². The minimum Gasteiger partial charge on any atom is -0.486 e. The quantitative estimate of drug-likeness (QED) is 0.172. The van der Waals surface area contributed by atoms with Crippen LogP contribution in [0, 0.1) is 6.92 Å². The standard InChI is InChI=1S/C68H70N2O2/c1-42-36-58-62-59(37-42)70(53-29-27-52(28-30-53)68(11,12)13)63-56(32-33-60-64(63)72-35-34-71-60)61(62)55-31-20-46(43-14-21-49(22-15-43)65(2,3)4)41-57(55)69(58)54-39-47(44-16-23-50(24-17-44)66(5,6)7)38-48(40-54)45-18-25-51(26-19-45)67(8,9)10/h14-33,36-41,61H,34-35H2,1-13H3. The number of fused-ring (bicyclic) bond motifs is 6. The van der Waals surface area contributed by atoms with Gasteiger partial charge in [-0.25, -0.2) is 0 Å². The van der Waals surface area contributed by atoms with Crippen molar-refractivity contribution in [3.05, 3.63) is 202 Å². The maximum atomic E-state index is 6.71. The Labute approximate surface area is 429 Å². The van der Waals surface area contributed by atoms with E-state index in [4.69, 9.17) is 9.47 Å². The summed E-state index contributed by atoms with van der Waals surface area (Å²) in [5.41, 5.74) is 24.2. The van der Waals surface area contributed by atoms with Crippen molar-refractivity contribution in [2.24, 2.45) is 0 Å². The maximum Gasteiger partial charge on any atom is 0.185 e. The van der Waals surface area contributed by atoms with Crippen LogP contribution in [0.3, 0.4) is 0 Å². The Bertz CT molecular complexity index is 3290. The zero-order valence-corrected chi connectivity index (χ0v) is 44.7. The molecule has 0 fully saturated rings. The summed E-state index contributed by atoms with van der Waals surface area (Å²) in [6.07, 6.45) is 0. The maximum absolute atomic E-state index is 6.71. The fraction of sp³-hybridized carbons (Fsp3) is 0.294. The molecule has 0 aliphatic carbocycles. The number of ether oxygens (including phenoxy) is 2. The van der Waals surface area contributed by atoms with E-state index in [1.165, 1.54) is 89.3 Å². The van der Waals surface area contributed by atoms with Gasteiger partial charge in [0.1, 0.15) is 13.2 Å². The second kappa shape index (κ2) is 17.0. The van der Waals surface area contributed by atoms with E-state index in [1.807, 2.05) is 0 Å². The average molecular weight is 947 g/mol. The van der Waals surface area contributed by atoms with E-state index in [0.29, 0.717) is 13.2 Å². The summed E-state index contributed by atoms with van der Waals surface area (Å²) in [4.78, 5) is 5.04. The summed E-state index contributed by atoms with van der Waals surface area (Å²) in [5, 5.41) is 0. The van der Waals surface area contributed by atoms with Crippen molar-refractivity contribution in [1.29, 1.82) is 0 Å². The van der Waals surface area contributed by atoms with E-state index >= 15 is 0 Å². The third-order valence-electron chi connectivity index (χ3n) is 15.3. The molecule has 3 aliphatic heterocycles. The number of hydrogen-bond donors (Lipinski definition) is 0. The molecule has 0 spiro atoms. The number of anilines is 6. The van der Waals surface area contributed by atoms with Gasteiger partial charge in [0, 0.05) is 22.9 Å². The van der Waals surface area contributed by atoms with Gasteiger partial charge in [0.25, 0.3) is 0 Å². The molecule has 364 valence electrons. The SMILES string of the molecule is Cc1cc2c3c(c1)N(c1ccc(C(C)(C)C)cc1)c1c(ccc4c1OCCO4)C3c1ccc(-c3ccc(C(C)(C)C)cc3)cc1N2c1cc(-c2ccc(C(C)(C)C)cc2)cc(-c2ccc(C(C)(C)C)cc2)c1. The third kappa shape index (κ3) is 8.37. The molecule has 72 heavy (non-hydrogen) atoms. The average Bonchev–Trinajstić information content (AvgIpc) is 3.35. The highest BCUT2D eigenvalue weighted by atomic mass is 16.6. The van der Waals surface area contributed by atoms with Gasteiger partial charge in [-0.05, 0) is 156 Å². The molecular formula is C68H70N2O2. The summed E-state index contributed by atoms with van der Waals surface area (Å²) >= 11 is 0. The highest BCUT2D eigenvalue weighted by molar-refractivity contribution is 6.00. The fourth-order valence-corrected chi connectivity index (χ4v) is 11.1. The molecule has 4 heteroatoms. The second-order valence-electron chi connectivity index (χ2n) is 24.7. The fourth-order valence-electron chi connectivity index (χ4n) is 11.1. The van der Waals surface area contributed by atoms with E-state index in [0.717, 1.165) is 34.2 Å². The van der Waals surface area contributed by atoms with E-state index in [-0.39, 0.29) is 27.6 Å². The normalized spacial score (nSPS) is 15.2. The van der Waals surface area contributed by atoms with Crippen LogP contribution in [0.4, 0.5) is 34.1 Å². The Morgan fingerprint density at radius 1 is 0.375 bits per heavy atom. The summed E-state index contributed by atoms with van der Waals surface area (Å²) < 4.78 is 13.1. The van der Waals surface area contributed by atoms with Crippen LogP contribution in [0.15, 0.2) is 158 Å². The van der Waals surface area contributed by atoms with Crippen LogP contribution >= 0.6 is 0 Å². The molecule has 4 nitrogen and oxygen atoms in total. The summed E-state index contributed by atoms with van der Waals surface area (Å²) in [5.74, 6) is 1.50. The van der Waals surface area contributed by atoms with Crippen molar-refractivity contribution in [2.45, 2.75) is 118 Å². The highest BCUT2D eigenvalue weighted by Gasteiger charge is 2.44. The van der Waals surface area contributed by atoms with Gasteiger partial charge in [0.05, 0.1) is 22.7 Å². The van der Waals surface area contributed by atoms with Crippen molar-refractivity contribution in [1.82, 2.24) is 0 Å². The van der Waals surface area contributed by atoms with Gasteiger partial charge < -0.3 is 19.3 Å². The van der Waals surface area contributed by atoms with Gasteiger partial charge in [-0.2, -0.15) is 0 Å². The molecule has 0 bridgehead atoms. The minimum absolute atomic E-state index is 0.0103. The predicted molar refractivity (Wildman–Crippen MR) is 304 cm³/mol. The number of hydrogen-bond acceptors (Lipinski definition) is 4. The van der Waals surface area contributed by atoms with Crippen LogP contribution in [-0.2, 0) is 21.7 Å². The third-order valence-corrected chi connectivity index (χ3v) is 15.3. The molecule has 0 N–H and O–H groups in total. The van der Waals surface area contributed by atoms with E-state index < -0.39 is 0 Å². The van der Waals surface area contributed by atoms with Gasteiger partial charge in [0.15, 0.2) is 11.5 Å². The first-order chi connectivity index (χ1) is 34.1. The predicted octanol–water partition coefficient (Wildman–Crippen LogP) is 18.7. The Morgan fingerprint density at radius 3 is 1.31 bits per heavy atom. The number of aryl methyl sites for hydroxylation is 1. The van der Waals surface area contributed by atoms with Gasteiger partial charge in [-0.1, -0.05) is 186 Å². The summed E-state index contributed by atoms with van der Waals surface area (Å²) in [6.45, 7) is 30.7. The van der Waals surface area contributed by atoms with Crippen LogP contribution in [0.1, 0.15) is 134 Å². The molecule has 3 heterocycles. The molecule has 0 radical (unpaired) electrons. The Kier molecular flexibility index (Phi) is 11.2. The van der Waals surface area contributed by atoms with Crippen LogP contribution < -0.4 is 19.3 Å². The van der Waals surface area contributed by atoms with Gasteiger partial charge in [-0.15, -0.1) is 0 Å². The van der Waals surface area contributed by atoms with Crippen LogP contribution in [-0.4, -0.2) is 13.2 Å². The lowest BCUT2D eigenvalue weighted by atomic mass is 9.74. The molecule has 0 amide bonds. The molecule has 0 saturated heterocycles. The summed E-state index contributed by atoms with van der Waals surface area (Å²) in [7, 11) is 0. The van der Waals surface area contributed by atoms with E-state index in [1.54, 1.807) is 0 Å². The molecule has 1 unspecified atom stereocenters. The molecule has 3 aliphatic rings. The minimum atomic E-state index is -0.0902. The first-order valence-electron chi connectivity index (χ1n) is 26.0. The van der Waals surface area contributed by atoms with Crippen LogP contribution in [0.2, 0.25) is 0 Å². The first kappa shape index (κ1) is 47.3. The number of rotatable bonds is 5. The second-order valence-corrected chi connectivity index (χ2v) is 24.7. The highest BCUT2D eigenvalue weighted by Crippen LogP contribution is 2.64. The number of nitrogens with zero attached hydrogens (tertiary/aromatic N) is 2. The first-order valence-corrected chi connectivity index (χ1v) is 26.0. The smallest absolute Gasteiger partial charge is 0.185 e. The van der Waals surface area contributed by atoms with Crippen molar-refractivity contribution < 1.29 is 9.47 Å². The van der Waals surface area contributed by atoms with Crippen molar-refractivity contribution in [3.8, 4) is 44.9 Å². The molecule has 11 rings (SSSR count).